The summed E-state index contributed by atoms with van der Waals surface area (Å²) in [7, 11) is 0. The minimum Gasteiger partial charge on any atom is -0.342 e. The van der Waals surface area contributed by atoms with Crippen molar-refractivity contribution >= 4 is 17.5 Å². The van der Waals surface area contributed by atoms with Gasteiger partial charge >= 0.3 is 0 Å². The summed E-state index contributed by atoms with van der Waals surface area (Å²) in [5.74, 6) is 0.765. The van der Waals surface area contributed by atoms with Gasteiger partial charge in [-0.25, -0.2) is 14.4 Å². The number of carbonyl (C=O) groups excluding carboxylic acids is 1. The number of piperidine rings is 1. The number of likely N-dealkylation sites (tertiary alicyclic amines) is 1. The Morgan fingerprint density at radius 2 is 1.88 bits per heavy atom. The van der Waals surface area contributed by atoms with Gasteiger partial charge < -0.3 is 10.2 Å². The first-order chi connectivity index (χ1) is 16.0. The largest absolute Gasteiger partial charge is 0.342 e. The molecule has 0 spiro atoms. The van der Waals surface area contributed by atoms with E-state index in [1.54, 1.807) is 18.3 Å². The highest BCUT2D eigenvalue weighted by Gasteiger charge is 2.25. The molecule has 0 saturated carbocycles. The molecule has 0 aliphatic carbocycles. The number of pyridine rings is 1. The molecular weight excluding hydrogens is 417 g/mol. The molecule has 3 aromatic rings. The first-order valence-electron chi connectivity index (χ1n) is 11.5. The van der Waals surface area contributed by atoms with E-state index in [1.807, 2.05) is 36.9 Å². The van der Waals surface area contributed by atoms with E-state index < -0.39 is 0 Å². The van der Waals surface area contributed by atoms with Gasteiger partial charge in [-0.15, -0.1) is 0 Å². The molecule has 3 heterocycles. The lowest BCUT2D eigenvalue weighted by Crippen LogP contribution is -2.39. The molecule has 4 rings (SSSR count). The van der Waals surface area contributed by atoms with Crippen LogP contribution in [0.5, 0.6) is 0 Å². The summed E-state index contributed by atoms with van der Waals surface area (Å²) in [6, 6.07) is 12.5. The van der Waals surface area contributed by atoms with E-state index in [-0.39, 0.29) is 17.6 Å². The number of benzene rings is 1. The maximum atomic E-state index is 13.0. The minimum absolute atomic E-state index is 0.187. The Bertz CT molecular complexity index is 1060. The van der Waals surface area contributed by atoms with E-state index >= 15 is 0 Å². The van der Waals surface area contributed by atoms with Gasteiger partial charge in [-0.3, -0.25) is 9.78 Å². The first-order valence-corrected chi connectivity index (χ1v) is 11.5. The van der Waals surface area contributed by atoms with Crippen molar-refractivity contribution in [3.05, 3.63) is 77.1 Å². The van der Waals surface area contributed by atoms with Crippen LogP contribution < -0.4 is 5.32 Å². The van der Waals surface area contributed by atoms with Gasteiger partial charge in [0.1, 0.15) is 5.82 Å². The average molecular weight is 448 g/mol. The van der Waals surface area contributed by atoms with Crippen LogP contribution in [0.15, 0.2) is 48.7 Å². The second kappa shape index (κ2) is 10.5. The monoisotopic (exact) mass is 447 g/mol. The zero-order valence-corrected chi connectivity index (χ0v) is 19.2. The second-order valence-corrected chi connectivity index (χ2v) is 8.73. The smallest absolute Gasteiger partial charge is 0.227 e. The molecule has 1 saturated heterocycles. The molecule has 0 bridgehead atoms. The van der Waals surface area contributed by atoms with Crippen molar-refractivity contribution in [3.8, 4) is 0 Å². The Morgan fingerprint density at radius 1 is 1.12 bits per heavy atom. The molecule has 33 heavy (non-hydrogen) atoms. The molecule has 1 aliphatic heterocycles. The third-order valence-corrected chi connectivity index (χ3v) is 5.99. The molecule has 7 heteroatoms. The van der Waals surface area contributed by atoms with Gasteiger partial charge in [0.25, 0.3) is 0 Å². The van der Waals surface area contributed by atoms with Crippen LogP contribution in [0.25, 0.3) is 0 Å². The van der Waals surface area contributed by atoms with Crippen LogP contribution >= 0.6 is 0 Å². The number of carbonyl (C=O) groups is 1. The maximum absolute atomic E-state index is 13.0. The molecule has 1 atom stereocenters. The van der Waals surface area contributed by atoms with Crippen molar-refractivity contribution in [3.63, 3.8) is 0 Å². The van der Waals surface area contributed by atoms with E-state index in [9.17, 15) is 9.18 Å². The van der Waals surface area contributed by atoms with E-state index in [4.69, 9.17) is 0 Å². The van der Waals surface area contributed by atoms with Crippen molar-refractivity contribution in [1.82, 2.24) is 19.9 Å². The van der Waals surface area contributed by atoms with Crippen LogP contribution in [0.1, 0.15) is 54.2 Å². The molecular formula is C26H30FN5O. The van der Waals surface area contributed by atoms with Gasteiger partial charge in [0.2, 0.25) is 11.9 Å². The number of nitrogens with zero attached hydrogens (tertiary/aromatic N) is 4. The van der Waals surface area contributed by atoms with Crippen molar-refractivity contribution in [2.75, 3.05) is 18.4 Å². The van der Waals surface area contributed by atoms with E-state index in [1.165, 1.54) is 12.1 Å². The standard InChI is InChI=1S/C26H30FN5O/c1-18-15-19(2)30-26(29-18)31-23-12-13-24(28-16-23)21-6-4-14-32(17-21)25(33)7-3-5-20-8-10-22(27)11-9-20/h8-13,15-16,21H,3-7,14,17H2,1-2H3,(H,29,30,31)/t21-/m0/s1. The van der Waals surface area contributed by atoms with E-state index in [0.717, 1.165) is 60.6 Å². The first kappa shape index (κ1) is 22.8. The van der Waals surface area contributed by atoms with Crippen LogP contribution in [0.2, 0.25) is 0 Å². The summed E-state index contributed by atoms with van der Waals surface area (Å²) < 4.78 is 13.0. The molecule has 0 unspecified atom stereocenters. The number of aromatic nitrogens is 3. The number of hydrogen-bond donors (Lipinski definition) is 1. The zero-order chi connectivity index (χ0) is 23.2. The summed E-state index contributed by atoms with van der Waals surface area (Å²) in [6.45, 7) is 5.39. The second-order valence-electron chi connectivity index (χ2n) is 8.73. The third kappa shape index (κ3) is 6.34. The molecule has 172 valence electrons. The fraction of sp³-hybridized carbons (Fsp3) is 0.385. The average Bonchev–Trinajstić information content (AvgIpc) is 2.80. The summed E-state index contributed by atoms with van der Waals surface area (Å²) in [5.41, 5.74) is 4.74. The molecule has 1 amide bonds. The molecule has 0 radical (unpaired) electrons. The van der Waals surface area contributed by atoms with Crippen molar-refractivity contribution in [2.24, 2.45) is 0 Å². The fourth-order valence-electron chi connectivity index (χ4n) is 4.33. The Labute approximate surface area is 194 Å². The minimum atomic E-state index is -0.231. The number of rotatable bonds is 7. The van der Waals surface area contributed by atoms with Gasteiger partial charge in [0.15, 0.2) is 0 Å². The van der Waals surface area contributed by atoms with Crippen LogP contribution in [0.3, 0.4) is 0 Å². The third-order valence-electron chi connectivity index (χ3n) is 5.99. The molecule has 1 N–H and O–H groups in total. The van der Waals surface area contributed by atoms with Gasteiger partial charge in [0.05, 0.1) is 11.9 Å². The van der Waals surface area contributed by atoms with Crippen LogP contribution in [-0.4, -0.2) is 38.8 Å². The zero-order valence-electron chi connectivity index (χ0n) is 19.2. The number of nitrogens with one attached hydrogen (secondary N) is 1. The van der Waals surface area contributed by atoms with E-state index in [2.05, 4.69) is 20.3 Å². The lowest BCUT2D eigenvalue weighted by Gasteiger charge is -2.32. The highest BCUT2D eigenvalue weighted by molar-refractivity contribution is 5.76. The lowest BCUT2D eigenvalue weighted by atomic mass is 9.94. The number of halogens is 1. The maximum Gasteiger partial charge on any atom is 0.227 e. The van der Waals surface area contributed by atoms with Gasteiger partial charge in [-0.1, -0.05) is 12.1 Å². The quantitative estimate of drug-likeness (QED) is 0.546. The SMILES string of the molecule is Cc1cc(C)nc(Nc2ccc([C@H]3CCCN(C(=O)CCCc4ccc(F)cc4)C3)nc2)n1. The highest BCUT2D eigenvalue weighted by atomic mass is 19.1. The molecule has 1 aliphatic rings. The predicted octanol–water partition coefficient (Wildman–Crippen LogP) is 5.10. The predicted molar refractivity (Wildman–Crippen MR) is 127 cm³/mol. The number of hydrogen-bond acceptors (Lipinski definition) is 5. The van der Waals surface area contributed by atoms with Gasteiger partial charge in [-0.05, 0) is 75.4 Å². The number of anilines is 2. The Balaban J connectivity index is 1.30. The van der Waals surface area contributed by atoms with Crippen LogP contribution in [-0.2, 0) is 11.2 Å². The lowest BCUT2D eigenvalue weighted by molar-refractivity contribution is -0.132. The summed E-state index contributed by atoms with van der Waals surface area (Å²) in [6.07, 6.45) is 5.87. The Kier molecular flexibility index (Phi) is 7.27. The molecule has 2 aromatic heterocycles. The normalized spacial score (nSPS) is 16.0. The van der Waals surface area contributed by atoms with Gasteiger partial charge in [-0.2, -0.15) is 0 Å². The number of aryl methyl sites for hydroxylation is 3. The van der Waals surface area contributed by atoms with Crippen molar-refractivity contribution in [2.45, 2.75) is 51.9 Å². The number of amides is 1. The van der Waals surface area contributed by atoms with Crippen LogP contribution in [0, 0.1) is 19.7 Å². The van der Waals surface area contributed by atoms with Crippen LogP contribution in [0.4, 0.5) is 16.0 Å². The van der Waals surface area contributed by atoms with Crippen molar-refractivity contribution in [1.29, 1.82) is 0 Å². The molecule has 1 fully saturated rings. The summed E-state index contributed by atoms with van der Waals surface area (Å²) >= 11 is 0. The summed E-state index contributed by atoms with van der Waals surface area (Å²) in [5, 5.41) is 3.21. The Morgan fingerprint density at radius 3 is 2.58 bits per heavy atom. The molecule has 6 nitrogen and oxygen atoms in total. The van der Waals surface area contributed by atoms with Crippen molar-refractivity contribution < 1.29 is 9.18 Å². The van der Waals surface area contributed by atoms with Gasteiger partial charge in [0, 0.05) is 42.5 Å². The topological polar surface area (TPSA) is 71.0 Å². The highest BCUT2D eigenvalue weighted by Crippen LogP contribution is 2.27. The fourth-order valence-corrected chi connectivity index (χ4v) is 4.33. The van der Waals surface area contributed by atoms with E-state index in [0.29, 0.717) is 18.9 Å². The Hall–Kier alpha value is -3.35. The summed E-state index contributed by atoms with van der Waals surface area (Å²) in [4.78, 5) is 28.2. The molecule has 1 aromatic carbocycles.